The van der Waals surface area contributed by atoms with E-state index in [-0.39, 0.29) is 16.8 Å². The molecule has 156 valence electrons. The average molecular weight is 432 g/mol. The number of hydrogen-bond acceptors (Lipinski definition) is 3. The molecule has 0 aliphatic carbocycles. The summed E-state index contributed by atoms with van der Waals surface area (Å²) in [6.45, 7) is 6.38. The van der Waals surface area contributed by atoms with Crippen LogP contribution < -0.4 is 10.7 Å². The summed E-state index contributed by atoms with van der Waals surface area (Å²) in [6, 6.07) is 21.1. The topological polar surface area (TPSA) is 59.3 Å². The van der Waals surface area contributed by atoms with E-state index in [4.69, 9.17) is 16.0 Å². The van der Waals surface area contributed by atoms with Crippen LogP contribution >= 0.6 is 11.6 Å². The zero-order valence-electron chi connectivity index (χ0n) is 17.5. The van der Waals surface area contributed by atoms with Crippen molar-refractivity contribution in [3.63, 3.8) is 0 Å². The minimum Gasteiger partial charge on any atom is -0.456 e. The van der Waals surface area contributed by atoms with Gasteiger partial charge in [-0.1, -0.05) is 44.5 Å². The van der Waals surface area contributed by atoms with Gasteiger partial charge in [0.1, 0.15) is 11.3 Å². The SMILES string of the molecule is CC(C)(C)c1ccc(C(=O)Nc2ccc3oc(-c4ccc(Cl)cc4)cc(=O)c3c2)cc1. The van der Waals surface area contributed by atoms with Gasteiger partial charge in [-0.2, -0.15) is 0 Å². The van der Waals surface area contributed by atoms with E-state index in [1.165, 1.54) is 6.07 Å². The lowest BCUT2D eigenvalue weighted by molar-refractivity contribution is 0.102. The third-order valence-electron chi connectivity index (χ3n) is 5.13. The number of anilines is 1. The maximum atomic E-state index is 12.7. The monoisotopic (exact) mass is 431 g/mol. The van der Waals surface area contributed by atoms with Crippen molar-refractivity contribution in [3.05, 3.63) is 99.2 Å². The molecule has 0 radical (unpaired) electrons. The van der Waals surface area contributed by atoms with Crippen molar-refractivity contribution < 1.29 is 9.21 Å². The summed E-state index contributed by atoms with van der Waals surface area (Å²) >= 11 is 5.93. The van der Waals surface area contributed by atoms with Crippen LogP contribution in [-0.4, -0.2) is 5.91 Å². The van der Waals surface area contributed by atoms with Gasteiger partial charge in [-0.05, 0) is 65.6 Å². The molecule has 3 aromatic carbocycles. The molecule has 0 aliphatic heterocycles. The highest BCUT2D eigenvalue weighted by atomic mass is 35.5. The van der Waals surface area contributed by atoms with Gasteiger partial charge in [-0.3, -0.25) is 9.59 Å². The van der Waals surface area contributed by atoms with Gasteiger partial charge in [0.15, 0.2) is 5.43 Å². The summed E-state index contributed by atoms with van der Waals surface area (Å²) in [5, 5.41) is 3.87. The quantitative estimate of drug-likeness (QED) is 0.394. The van der Waals surface area contributed by atoms with Gasteiger partial charge >= 0.3 is 0 Å². The third-order valence-corrected chi connectivity index (χ3v) is 5.38. The van der Waals surface area contributed by atoms with Gasteiger partial charge in [-0.25, -0.2) is 0 Å². The Kier molecular flexibility index (Phi) is 5.42. The fourth-order valence-electron chi connectivity index (χ4n) is 3.32. The summed E-state index contributed by atoms with van der Waals surface area (Å²) < 4.78 is 5.90. The Bertz CT molecular complexity index is 1310. The number of halogens is 1. The lowest BCUT2D eigenvalue weighted by Crippen LogP contribution is -2.14. The van der Waals surface area contributed by atoms with E-state index in [9.17, 15) is 9.59 Å². The Morgan fingerprint density at radius 2 is 1.58 bits per heavy atom. The maximum absolute atomic E-state index is 12.7. The van der Waals surface area contributed by atoms with Crippen molar-refractivity contribution in [1.29, 1.82) is 0 Å². The highest BCUT2D eigenvalue weighted by molar-refractivity contribution is 6.30. The van der Waals surface area contributed by atoms with Crippen LogP contribution in [-0.2, 0) is 5.41 Å². The molecular weight excluding hydrogens is 410 g/mol. The molecule has 1 N–H and O–H groups in total. The molecule has 1 aromatic heterocycles. The van der Waals surface area contributed by atoms with Crippen molar-refractivity contribution in [3.8, 4) is 11.3 Å². The molecule has 4 nitrogen and oxygen atoms in total. The first-order chi connectivity index (χ1) is 14.7. The average Bonchev–Trinajstić information content (AvgIpc) is 2.74. The molecule has 0 fully saturated rings. The first-order valence-electron chi connectivity index (χ1n) is 9.96. The van der Waals surface area contributed by atoms with E-state index in [0.29, 0.717) is 33.0 Å². The number of benzene rings is 3. The molecule has 0 aliphatic rings. The summed E-state index contributed by atoms with van der Waals surface area (Å²) in [6.07, 6.45) is 0. The number of fused-ring (bicyclic) bond motifs is 1. The first-order valence-corrected chi connectivity index (χ1v) is 10.3. The molecule has 0 saturated carbocycles. The van der Waals surface area contributed by atoms with Crippen molar-refractivity contribution in [1.82, 2.24) is 0 Å². The van der Waals surface area contributed by atoms with Crippen molar-refractivity contribution in [2.45, 2.75) is 26.2 Å². The molecule has 0 unspecified atom stereocenters. The van der Waals surface area contributed by atoms with Crippen LogP contribution in [0, 0.1) is 0 Å². The Morgan fingerprint density at radius 1 is 0.903 bits per heavy atom. The number of carbonyl (C=O) groups is 1. The lowest BCUT2D eigenvalue weighted by atomic mass is 9.87. The van der Waals surface area contributed by atoms with Crippen LogP contribution in [0.25, 0.3) is 22.3 Å². The van der Waals surface area contributed by atoms with Crippen LogP contribution in [0.1, 0.15) is 36.7 Å². The highest BCUT2D eigenvalue weighted by Crippen LogP contribution is 2.26. The maximum Gasteiger partial charge on any atom is 0.255 e. The smallest absolute Gasteiger partial charge is 0.255 e. The lowest BCUT2D eigenvalue weighted by Gasteiger charge is -2.19. The molecule has 31 heavy (non-hydrogen) atoms. The molecule has 0 bridgehead atoms. The van der Waals surface area contributed by atoms with Crippen LogP contribution in [0.3, 0.4) is 0 Å². The first kappa shape index (κ1) is 20.9. The standard InChI is InChI=1S/C26H22ClNO3/c1-26(2,3)18-8-4-17(5-9-18)25(30)28-20-12-13-23-21(14-20)22(29)15-24(31-23)16-6-10-19(27)11-7-16/h4-15H,1-3H3,(H,28,30). The number of nitrogens with one attached hydrogen (secondary N) is 1. The van der Waals surface area contributed by atoms with Gasteiger partial charge < -0.3 is 9.73 Å². The fourth-order valence-corrected chi connectivity index (χ4v) is 3.44. The van der Waals surface area contributed by atoms with E-state index >= 15 is 0 Å². The van der Waals surface area contributed by atoms with Gasteiger partial charge in [0, 0.05) is 27.9 Å². The van der Waals surface area contributed by atoms with Crippen molar-refractivity contribution >= 4 is 34.2 Å². The Hall–Kier alpha value is -3.37. The summed E-state index contributed by atoms with van der Waals surface area (Å²) in [7, 11) is 0. The van der Waals surface area contributed by atoms with Gasteiger partial charge in [0.05, 0.1) is 5.39 Å². The van der Waals surface area contributed by atoms with E-state index in [2.05, 4.69) is 26.1 Å². The predicted octanol–water partition coefficient (Wildman–Crippen LogP) is 6.66. The second-order valence-corrected chi connectivity index (χ2v) is 8.91. The summed E-state index contributed by atoms with van der Waals surface area (Å²) in [4.78, 5) is 25.3. The highest BCUT2D eigenvalue weighted by Gasteiger charge is 2.15. The Labute approximate surface area is 185 Å². The van der Waals surface area contributed by atoms with Crippen molar-refractivity contribution in [2.24, 2.45) is 0 Å². The van der Waals surface area contributed by atoms with Crippen molar-refractivity contribution in [2.75, 3.05) is 5.32 Å². The second-order valence-electron chi connectivity index (χ2n) is 8.47. The van der Waals surface area contributed by atoms with Gasteiger partial charge in [-0.15, -0.1) is 0 Å². The largest absolute Gasteiger partial charge is 0.456 e. The third kappa shape index (κ3) is 4.54. The van der Waals surface area contributed by atoms with E-state index < -0.39 is 0 Å². The number of amides is 1. The summed E-state index contributed by atoms with van der Waals surface area (Å²) in [5.74, 6) is 0.229. The number of hydrogen-bond donors (Lipinski definition) is 1. The van der Waals surface area contributed by atoms with Crippen LogP contribution in [0.5, 0.6) is 0 Å². The molecule has 4 aromatic rings. The normalized spacial score (nSPS) is 11.5. The fraction of sp³-hybridized carbons (Fsp3) is 0.154. The molecular formula is C26H22ClNO3. The second kappa shape index (κ2) is 8.05. The number of rotatable bonds is 3. The van der Waals surface area contributed by atoms with E-state index in [1.54, 1.807) is 42.5 Å². The molecule has 4 rings (SSSR count). The molecule has 0 spiro atoms. The Balaban J connectivity index is 1.60. The zero-order chi connectivity index (χ0) is 22.2. The van der Waals surface area contributed by atoms with E-state index in [0.717, 1.165) is 11.1 Å². The number of carbonyl (C=O) groups excluding carboxylic acids is 1. The van der Waals surface area contributed by atoms with Crippen LogP contribution in [0.4, 0.5) is 5.69 Å². The minimum atomic E-state index is -0.234. The molecule has 5 heteroatoms. The molecule has 0 atom stereocenters. The van der Waals surface area contributed by atoms with E-state index in [1.807, 2.05) is 24.3 Å². The molecule has 0 saturated heterocycles. The molecule has 1 amide bonds. The zero-order valence-corrected chi connectivity index (χ0v) is 18.3. The predicted molar refractivity (Wildman–Crippen MR) is 126 cm³/mol. The van der Waals surface area contributed by atoms with Crippen LogP contribution in [0.2, 0.25) is 5.02 Å². The van der Waals surface area contributed by atoms with Gasteiger partial charge in [0.25, 0.3) is 5.91 Å². The Morgan fingerprint density at radius 3 is 2.23 bits per heavy atom. The minimum absolute atomic E-state index is 0.0201. The van der Waals surface area contributed by atoms with Crippen LogP contribution in [0.15, 0.2) is 82.0 Å². The summed E-state index contributed by atoms with van der Waals surface area (Å²) in [5.41, 5.74) is 3.29. The van der Waals surface area contributed by atoms with Gasteiger partial charge in [0.2, 0.25) is 0 Å². The molecule has 1 heterocycles.